The van der Waals surface area contributed by atoms with Crippen molar-refractivity contribution in [2.75, 3.05) is 0 Å². The summed E-state index contributed by atoms with van der Waals surface area (Å²) in [6, 6.07) is 9.97. The molecule has 2 aliphatic heterocycles. The van der Waals surface area contributed by atoms with E-state index in [-0.39, 0.29) is 11.6 Å². The van der Waals surface area contributed by atoms with Gasteiger partial charge in [0.05, 0.1) is 0 Å². The first-order chi connectivity index (χ1) is 12.8. The molecule has 2 aromatic carbocycles. The van der Waals surface area contributed by atoms with Crippen LogP contribution in [0.4, 0.5) is 4.39 Å². The number of rotatable bonds is 3. The molecular weight excluding hydrogens is 367 g/mol. The van der Waals surface area contributed by atoms with E-state index in [4.69, 9.17) is 16.3 Å². The Kier molecular flexibility index (Phi) is 4.44. The summed E-state index contributed by atoms with van der Waals surface area (Å²) in [6.07, 6.45) is 1.28. The number of ketones is 2. The van der Waals surface area contributed by atoms with Gasteiger partial charge in [-0.15, -0.1) is 0 Å². The van der Waals surface area contributed by atoms with Gasteiger partial charge in [-0.1, -0.05) is 30.7 Å². The van der Waals surface area contributed by atoms with Gasteiger partial charge in [-0.25, -0.2) is 4.39 Å². The van der Waals surface area contributed by atoms with Crippen molar-refractivity contribution in [2.45, 2.75) is 50.7 Å². The topological polar surface area (TPSA) is 43.4 Å². The standard InChI is InChI=1S/C22H20ClFO3/c1-3-12-4-5-13(15-7-6-14(23)11-17(15)24)10-16(12)19-20(25)18-8-9-22(2,27-18)21(19)26/h4-7,10-11,18-19H,3,8-9H2,1-2H3/t18-,19?,22+/m0/s1. The third-order valence-electron chi connectivity index (χ3n) is 5.75. The monoisotopic (exact) mass is 386 g/mol. The summed E-state index contributed by atoms with van der Waals surface area (Å²) in [5.74, 6) is -1.65. The SMILES string of the molecule is CCc1ccc(-c2ccc(Cl)cc2F)cc1C1C(=O)[C@@H]2CC[C@@](C)(O2)C1=O. The van der Waals surface area contributed by atoms with Crippen molar-refractivity contribution in [3.63, 3.8) is 0 Å². The molecule has 140 valence electrons. The highest BCUT2D eigenvalue weighted by atomic mass is 35.5. The molecule has 27 heavy (non-hydrogen) atoms. The number of carbonyl (C=O) groups excluding carboxylic acids is 2. The van der Waals surface area contributed by atoms with Gasteiger partial charge in [0.1, 0.15) is 23.4 Å². The zero-order chi connectivity index (χ0) is 19.3. The lowest BCUT2D eigenvalue weighted by molar-refractivity contribution is -0.160. The number of Topliss-reactive ketones (excluding diaryl/α,β-unsaturated/α-hetero) is 2. The van der Waals surface area contributed by atoms with Crippen LogP contribution in [0.25, 0.3) is 11.1 Å². The Morgan fingerprint density at radius 2 is 2.00 bits per heavy atom. The van der Waals surface area contributed by atoms with E-state index < -0.39 is 23.4 Å². The molecule has 0 spiro atoms. The summed E-state index contributed by atoms with van der Waals surface area (Å²) >= 11 is 5.85. The predicted molar refractivity (Wildman–Crippen MR) is 101 cm³/mol. The first-order valence-electron chi connectivity index (χ1n) is 9.18. The lowest BCUT2D eigenvalue weighted by atomic mass is 9.78. The third kappa shape index (κ3) is 2.91. The summed E-state index contributed by atoms with van der Waals surface area (Å²) in [7, 11) is 0. The highest BCUT2D eigenvalue weighted by Gasteiger charge is 2.55. The number of carbonyl (C=O) groups is 2. The maximum atomic E-state index is 14.4. The molecule has 0 radical (unpaired) electrons. The Hall–Kier alpha value is -2.04. The number of halogens is 2. The Morgan fingerprint density at radius 3 is 2.70 bits per heavy atom. The molecule has 0 saturated carbocycles. The fourth-order valence-electron chi connectivity index (χ4n) is 4.21. The van der Waals surface area contributed by atoms with Gasteiger partial charge in [-0.3, -0.25) is 9.59 Å². The van der Waals surface area contributed by atoms with E-state index in [1.807, 2.05) is 19.1 Å². The Balaban J connectivity index is 1.84. The first-order valence-corrected chi connectivity index (χ1v) is 9.56. The minimum absolute atomic E-state index is 0.182. The molecule has 2 bridgehead atoms. The van der Waals surface area contributed by atoms with Crippen LogP contribution in [-0.4, -0.2) is 23.3 Å². The van der Waals surface area contributed by atoms with Crippen LogP contribution in [0.15, 0.2) is 36.4 Å². The molecule has 4 rings (SSSR count). The molecule has 2 saturated heterocycles. The molecule has 2 aliphatic rings. The number of ether oxygens (including phenoxy) is 1. The fourth-order valence-corrected chi connectivity index (χ4v) is 4.37. The van der Waals surface area contributed by atoms with Gasteiger partial charge >= 0.3 is 0 Å². The van der Waals surface area contributed by atoms with Crippen LogP contribution in [0, 0.1) is 5.82 Å². The van der Waals surface area contributed by atoms with Crippen LogP contribution in [0.2, 0.25) is 5.02 Å². The van der Waals surface area contributed by atoms with Gasteiger partial charge in [0.25, 0.3) is 0 Å². The summed E-state index contributed by atoms with van der Waals surface area (Å²) in [4.78, 5) is 26.0. The van der Waals surface area contributed by atoms with E-state index in [2.05, 4.69) is 0 Å². The summed E-state index contributed by atoms with van der Waals surface area (Å²) in [5, 5.41) is 0.320. The largest absolute Gasteiger partial charge is 0.356 e. The van der Waals surface area contributed by atoms with Crippen molar-refractivity contribution in [1.29, 1.82) is 0 Å². The van der Waals surface area contributed by atoms with Crippen molar-refractivity contribution in [1.82, 2.24) is 0 Å². The minimum atomic E-state index is -0.907. The zero-order valence-electron chi connectivity index (χ0n) is 15.2. The van der Waals surface area contributed by atoms with Crippen LogP contribution >= 0.6 is 11.6 Å². The van der Waals surface area contributed by atoms with Gasteiger partial charge in [-0.05, 0) is 67.1 Å². The maximum absolute atomic E-state index is 14.4. The highest BCUT2D eigenvalue weighted by molar-refractivity contribution is 6.30. The Labute approximate surface area is 162 Å². The van der Waals surface area contributed by atoms with E-state index in [1.54, 1.807) is 25.1 Å². The highest BCUT2D eigenvalue weighted by Crippen LogP contribution is 2.44. The van der Waals surface area contributed by atoms with Gasteiger partial charge in [-0.2, -0.15) is 0 Å². The zero-order valence-corrected chi connectivity index (χ0v) is 16.0. The summed E-state index contributed by atoms with van der Waals surface area (Å²) < 4.78 is 20.1. The molecular formula is C22H20ClFO3. The van der Waals surface area contributed by atoms with Gasteiger partial charge in [0, 0.05) is 10.6 Å². The molecule has 0 amide bonds. The average Bonchev–Trinajstić information content (AvgIpc) is 3.01. The summed E-state index contributed by atoms with van der Waals surface area (Å²) in [6.45, 7) is 3.75. The molecule has 0 aliphatic carbocycles. The molecule has 3 atom stereocenters. The van der Waals surface area contributed by atoms with Crippen molar-refractivity contribution >= 4 is 23.2 Å². The molecule has 2 aromatic rings. The smallest absolute Gasteiger partial charge is 0.179 e. The number of hydrogen-bond donors (Lipinski definition) is 0. The summed E-state index contributed by atoms with van der Waals surface area (Å²) in [5.41, 5.74) is 1.70. The van der Waals surface area contributed by atoms with Crippen LogP contribution in [0.1, 0.15) is 43.7 Å². The maximum Gasteiger partial charge on any atom is 0.179 e. The van der Waals surface area contributed by atoms with E-state index in [9.17, 15) is 14.0 Å². The van der Waals surface area contributed by atoms with Crippen molar-refractivity contribution in [3.8, 4) is 11.1 Å². The second kappa shape index (κ2) is 6.54. The number of hydrogen-bond acceptors (Lipinski definition) is 3. The van der Waals surface area contributed by atoms with Crippen LogP contribution < -0.4 is 0 Å². The van der Waals surface area contributed by atoms with Gasteiger partial charge in [0.2, 0.25) is 0 Å². The fraction of sp³-hybridized carbons (Fsp3) is 0.364. The molecule has 5 heteroatoms. The molecule has 3 nitrogen and oxygen atoms in total. The van der Waals surface area contributed by atoms with E-state index >= 15 is 0 Å². The third-order valence-corrected chi connectivity index (χ3v) is 5.99. The number of fused-ring (bicyclic) bond motifs is 2. The normalized spacial score (nSPS) is 27.3. The van der Waals surface area contributed by atoms with Crippen molar-refractivity contribution in [2.24, 2.45) is 0 Å². The van der Waals surface area contributed by atoms with Crippen LogP contribution in [0.5, 0.6) is 0 Å². The van der Waals surface area contributed by atoms with Gasteiger partial charge in [0.15, 0.2) is 11.6 Å². The van der Waals surface area contributed by atoms with Crippen LogP contribution in [-0.2, 0) is 20.7 Å². The Bertz CT molecular complexity index is 955. The lowest BCUT2D eigenvalue weighted by Gasteiger charge is -2.34. The van der Waals surface area contributed by atoms with Gasteiger partial charge < -0.3 is 4.74 Å². The van der Waals surface area contributed by atoms with Crippen LogP contribution in [0.3, 0.4) is 0 Å². The Morgan fingerprint density at radius 1 is 1.22 bits per heavy atom. The number of aryl methyl sites for hydroxylation is 1. The van der Waals surface area contributed by atoms with Crippen molar-refractivity contribution < 1.29 is 18.7 Å². The van der Waals surface area contributed by atoms with E-state index in [0.717, 1.165) is 5.56 Å². The van der Waals surface area contributed by atoms with E-state index in [0.29, 0.717) is 41.0 Å². The molecule has 0 N–H and O–H groups in total. The molecule has 1 unspecified atom stereocenters. The predicted octanol–water partition coefficient (Wildman–Crippen LogP) is 4.88. The number of benzene rings is 2. The minimum Gasteiger partial charge on any atom is -0.356 e. The van der Waals surface area contributed by atoms with Crippen molar-refractivity contribution in [3.05, 3.63) is 58.4 Å². The lowest BCUT2D eigenvalue weighted by Crippen LogP contribution is -2.49. The quantitative estimate of drug-likeness (QED) is 0.706. The molecule has 2 fully saturated rings. The molecule has 0 aromatic heterocycles. The average molecular weight is 387 g/mol. The molecule has 2 heterocycles. The second-order valence-electron chi connectivity index (χ2n) is 7.47. The van der Waals surface area contributed by atoms with E-state index in [1.165, 1.54) is 6.07 Å². The second-order valence-corrected chi connectivity index (χ2v) is 7.90. The first kappa shape index (κ1) is 18.3.